The van der Waals surface area contributed by atoms with E-state index >= 15 is 0 Å². The summed E-state index contributed by atoms with van der Waals surface area (Å²) in [5.74, 6) is -0.221. The van der Waals surface area contributed by atoms with Crippen LogP contribution in [0, 0.1) is 12.7 Å². The molecule has 2 N–H and O–H groups in total. The second-order valence-electron chi connectivity index (χ2n) is 3.70. The van der Waals surface area contributed by atoms with Crippen molar-refractivity contribution in [3.8, 4) is 0 Å². The molecule has 2 nitrogen and oxygen atoms in total. The molecular formula is C13H13FN2S. The van der Waals surface area contributed by atoms with Crippen molar-refractivity contribution in [3.05, 3.63) is 53.5 Å². The van der Waals surface area contributed by atoms with Crippen molar-refractivity contribution in [1.29, 1.82) is 0 Å². The van der Waals surface area contributed by atoms with Crippen LogP contribution in [0.5, 0.6) is 0 Å². The smallest absolute Gasteiger partial charge is 0.137 e. The first-order valence-corrected chi connectivity index (χ1v) is 6.10. The highest BCUT2D eigenvalue weighted by Crippen LogP contribution is 2.30. The maximum Gasteiger partial charge on any atom is 0.137 e. The van der Waals surface area contributed by atoms with Gasteiger partial charge in [0.15, 0.2) is 0 Å². The summed E-state index contributed by atoms with van der Waals surface area (Å²) in [6.45, 7) is 2.42. The van der Waals surface area contributed by atoms with Crippen LogP contribution in [0.2, 0.25) is 0 Å². The van der Waals surface area contributed by atoms with Crippen LogP contribution in [0.4, 0.5) is 4.39 Å². The number of nitrogens with two attached hydrogens (primary N) is 1. The predicted molar refractivity (Wildman–Crippen MR) is 67.4 cm³/mol. The maximum absolute atomic E-state index is 13.5. The number of aryl methyl sites for hydroxylation is 1. The van der Waals surface area contributed by atoms with Gasteiger partial charge in [0.25, 0.3) is 0 Å². The van der Waals surface area contributed by atoms with E-state index in [1.165, 1.54) is 17.8 Å². The summed E-state index contributed by atoms with van der Waals surface area (Å²) in [5, 5.41) is 0.812. The molecule has 88 valence electrons. The van der Waals surface area contributed by atoms with Crippen molar-refractivity contribution >= 4 is 11.8 Å². The van der Waals surface area contributed by atoms with Gasteiger partial charge in [0.1, 0.15) is 10.8 Å². The third kappa shape index (κ3) is 2.84. The second-order valence-corrected chi connectivity index (χ2v) is 4.73. The van der Waals surface area contributed by atoms with Crippen LogP contribution in [0.1, 0.15) is 11.1 Å². The summed E-state index contributed by atoms with van der Waals surface area (Å²) in [6.07, 6.45) is 1.73. The minimum atomic E-state index is -0.221. The van der Waals surface area contributed by atoms with E-state index in [1.54, 1.807) is 18.3 Å². The van der Waals surface area contributed by atoms with E-state index in [4.69, 9.17) is 5.73 Å². The fraction of sp³-hybridized carbons (Fsp3) is 0.154. The van der Waals surface area contributed by atoms with E-state index in [0.29, 0.717) is 11.4 Å². The molecule has 0 aliphatic heterocycles. The summed E-state index contributed by atoms with van der Waals surface area (Å²) in [6, 6.07) is 8.67. The van der Waals surface area contributed by atoms with E-state index in [2.05, 4.69) is 4.98 Å². The van der Waals surface area contributed by atoms with Crippen LogP contribution in [-0.2, 0) is 6.54 Å². The Hall–Kier alpha value is -1.39. The molecule has 0 amide bonds. The quantitative estimate of drug-likeness (QED) is 0.907. The Morgan fingerprint density at radius 3 is 2.76 bits per heavy atom. The van der Waals surface area contributed by atoms with Crippen LogP contribution < -0.4 is 5.73 Å². The minimum Gasteiger partial charge on any atom is -0.326 e. The lowest BCUT2D eigenvalue weighted by Crippen LogP contribution is -1.98. The molecule has 1 aromatic heterocycles. The highest BCUT2D eigenvalue weighted by atomic mass is 32.2. The van der Waals surface area contributed by atoms with Gasteiger partial charge in [-0.05, 0) is 30.2 Å². The second kappa shape index (κ2) is 5.29. The van der Waals surface area contributed by atoms with Gasteiger partial charge in [0.05, 0.1) is 0 Å². The van der Waals surface area contributed by atoms with Gasteiger partial charge in [0.2, 0.25) is 0 Å². The van der Waals surface area contributed by atoms with Crippen LogP contribution in [0.15, 0.2) is 46.5 Å². The Labute approximate surface area is 104 Å². The van der Waals surface area contributed by atoms with Gasteiger partial charge in [-0.1, -0.05) is 30.0 Å². The fourth-order valence-corrected chi connectivity index (χ4v) is 2.32. The van der Waals surface area contributed by atoms with Gasteiger partial charge in [-0.2, -0.15) is 0 Å². The molecule has 0 saturated heterocycles. The average molecular weight is 248 g/mol. The largest absolute Gasteiger partial charge is 0.326 e. The Kier molecular flexibility index (Phi) is 3.76. The summed E-state index contributed by atoms with van der Waals surface area (Å²) >= 11 is 1.33. The number of aromatic nitrogens is 1. The molecule has 0 aliphatic rings. The zero-order chi connectivity index (χ0) is 12.3. The third-order valence-electron chi connectivity index (χ3n) is 2.37. The van der Waals surface area contributed by atoms with Gasteiger partial charge in [-0.25, -0.2) is 9.37 Å². The molecule has 1 aromatic carbocycles. The Bertz CT molecular complexity index is 529. The van der Waals surface area contributed by atoms with E-state index in [-0.39, 0.29) is 5.82 Å². The van der Waals surface area contributed by atoms with Crippen LogP contribution >= 0.6 is 11.8 Å². The lowest BCUT2D eigenvalue weighted by Gasteiger charge is -2.06. The molecule has 2 rings (SSSR count). The molecule has 0 bridgehead atoms. The molecule has 0 saturated carbocycles. The number of hydrogen-bond donors (Lipinski definition) is 1. The first kappa shape index (κ1) is 12.1. The Balaban J connectivity index is 2.28. The molecule has 0 atom stereocenters. The molecule has 0 fully saturated rings. The summed E-state index contributed by atoms with van der Waals surface area (Å²) in [4.78, 5) is 4.89. The fourth-order valence-electron chi connectivity index (χ4n) is 1.47. The van der Waals surface area contributed by atoms with E-state index in [1.807, 2.05) is 19.1 Å². The van der Waals surface area contributed by atoms with Crippen LogP contribution in [0.3, 0.4) is 0 Å². The highest BCUT2D eigenvalue weighted by Gasteiger charge is 2.07. The Morgan fingerprint density at radius 2 is 2.12 bits per heavy atom. The zero-order valence-electron chi connectivity index (χ0n) is 9.48. The number of nitrogens with zero attached hydrogens (tertiary/aromatic N) is 1. The predicted octanol–water partition coefficient (Wildman–Crippen LogP) is 3.14. The third-order valence-corrected chi connectivity index (χ3v) is 3.54. The molecule has 2 aromatic rings. The molecule has 17 heavy (non-hydrogen) atoms. The van der Waals surface area contributed by atoms with Gasteiger partial charge in [-0.3, -0.25) is 0 Å². The zero-order valence-corrected chi connectivity index (χ0v) is 10.3. The van der Waals surface area contributed by atoms with E-state index in [9.17, 15) is 4.39 Å². The molecule has 0 radical (unpaired) electrons. The first-order valence-electron chi connectivity index (χ1n) is 5.28. The lowest BCUT2D eigenvalue weighted by molar-refractivity contribution is 0.602. The standard InChI is InChI=1S/C13H13FN2S/c1-9-6-10(7-15)8-16-13(9)17-12-5-3-2-4-11(12)14/h2-6,8H,7,15H2,1H3. The van der Waals surface area contributed by atoms with Gasteiger partial charge >= 0.3 is 0 Å². The van der Waals surface area contributed by atoms with Crippen molar-refractivity contribution in [2.75, 3.05) is 0 Å². The number of pyridine rings is 1. The van der Waals surface area contributed by atoms with Crippen LogP contribution in [-0.4, -0.2) is 4.98 Å². The van der Waals surface area contributed by atoms with Gasteiger partial charge in [0, 0.05) is 17.6 Å². The molecular weight excluding hydrogens is 235 g/mol. The van der Waals surface area contributed by atoms with Crippen molar-refractivity contribution in [2.45, 2.75) is 23.4 Å². The lowest BCUT2D eigenvalue weighted by atomic mass is 10.2. The highest BCUT2D eigenvalue weighted by molar-refractivity contribution is 7.99. The van der Waals surface area contributed by atoms with Crippen LogP contribution in [0.25, 0.3) is 0 Å². The molecule has 1 heterocycles. The number of benzene rings is 1. The van der Waals surface area contributed by atoms with Crippen molar-refractivity contribution in [2.24, 2.45) is 5.73 Å². The van der Waals surface area contributed by atoms with Crippen molar-refractivity contribution in [3.63, 3.8) is 0 Å². The monoisotopic (exact) mass is 248 g/mol. The number of rotatable bonds is 3. The van der Waals surface area contributed by atoms with E-state index < -0.39 is 0 Å². The van der Waals surface area contributed by atoms with Gasteiger partial charge < -0.3 is 5.73 Å². The average Bonchev–Trinajstić information content (AvgIpc) is 2.34. The van der Waals surface area contributed by atoms with Gasteiger partial charge in [-0.15, -0.1) is 0 Å². The molecule has 0 aliphatic carbocycles. The first-order chi connectivity index (χ1) is 8.20. The summed E-state index contributed by atoms with van der Waals surface area (Å²) in [5.41, 5.74) is 7.54. The number of halogens is 1. The molecule has 0 unspecified atom stereocenters. The van der Waals surface area contributed by atoms with Crippen molar-refractivity contribution in [1.82, 2.24) is 4.98 Å². The minimum absolute atomic E-state index is 0.221. The Morgan fingerprint density at radius 1 is 1.35 bits per heavy atom. The molecule has 4 heteroatoms. The van der Waals surface area contributed by atoms with Crippen molar-refractivity contribution < 1.29 is 4.39 Å². The maximum atomic E-state index is 13.5. The normalized spacial score (nSPS) is 10.5. The van der Waals surface area contributed by atoms with E-state index in [0.717, 1.165) is 16.2 Å². The topological polar surface area (TPSA) is 38.9 Å². The number of hydrogen-bond acceptors (Lipinski definition) is 3. The molecule has 0 spiro atoms. The summed E-state index contributed by atoms with van der Waals surface area (Å²) in [7, 11) is 0. The summed E-state index contributed by atoms with van der Waals surface area (Å²) < 4.78 is 13.5. The SMILES string of the molecule is Cc1cc(CN)cnc1Sc1ccccc1F.